The smallest absolute Gasteiger partial charge is 0.194 e. The van der Waals surface area contributed by atoms with Gasteiger partial charge in [0.1, 0.15) is 12.7 Å². The van der Waals surface area contributed by atoms with Gasteiger partial charge in [0.05, 0.1) is 6.20 Å². The van der Waals surface area contributed by atoms with Gasteiger partial charge in [-0.25, -0.2) is 9.97 Å². The molecule has 0 atom stereocenters. The van der Waals surface area contributed by atoms with Crippen LogP contribution in [0.4, 0.5) is 0 Å². The zero-order valence-electron chi connectivity index (χ0n) is 6.47. The summed E-state index contributed by atoms with van der Waals surface area (Å²) in [5.74, 6) is 0. The fourth-order valence-corrected chi connectivity index (χ4v) is 0.597. The van der Waals surface area contributed by atoms with Crippen molar-refractivity contribution in [3.05, 3.63) is 18.9 Å². The van der Waals surface area contributed by atoms with Crippen molar-refractivity contribution in [2.24, 2.45) is 0 Å². The van der Waals surface area contributed by atoms with E-state index in [1.54, 1.807) is 6.20 Å². The van der Waals surface area contributed by atoms with Gasteiger partial charge in [-0.2, -0.15) is 0 Å². The van der Waals surface area contributed by atoms with Crippen molar-refractivity contribution in [2.75, 3.05) is 0 Å². The maximum absolute atomic E-state index is 3.85. The molecule has 2 aromatic heterocycles. The van der Waals surface area contributed by atoms with Crippen LogP contribution in [0, 0.1) is 0 Å². The zero-order chi connectivity index (χ0) is 8.10. The largest absolute Gasteiger partial charge is 0.239 e. The van der Waals surface area contributed by atoms with Crippen molar-refractivity contribution in [3.63, 3.8) is 0 Å². The zero-order valence-corrected chi connectivity index (χ0v) is 6.47. The number of rotatable bonds is 0. The molecule has 0 fully saturated rings. The summed E-state index contributed by atoms with van der Waals surface area (Å²) in [4.78, 5) is 7.60. The van der Waals surface area contributed by atoms with Crippen LogP contribution >= 0.6 is 0 Å². The van der Waals surface area contributed by atoms with Crippen LogP contribution in [0.25, 0.3) is 5.65 Å². The van der Waals surface area contributed by atoms with Crippen LogP contribution in [0.5, 0.6) is 0 Å². The minimum Gasteiger partial charge on any atom is -0.239 e. The van der Waals surface area contributed by atoms with E-state index in [0.717, 1.165) is 0 Å². The van der Waals surface area contributed by atoms with Gasteiger partial charge < -0.3 is 0 Å². The molecule has 2 rings (SSSR count). The second kappa shape index (κ2) is 3.60. The number of nitrogens with zero attached hydrogens (tertiary/aromatic N) is 5. The molecule has 0 unspecified atom stereocenters. The number of hydrogen-bond donors (Lipinski definition) is 0. The quantitative estimate of drug-likeness (QED) is 0.551. The monoisotopic (exact) mass is 151 g/mol. The summed E-state index contributed by atoms with van der Waals surface area (Å²) in [5.41, 5.74) is 0.664. The van der Waals surface area contributed by atoms with E-state index >= 15 is 0 Å². The second-order valence-corrected chi connectivity index (χ2v) is 1.52. The predicted molar refractivity (Wildman–Crippen MR) is 39.9 cm³/mol. The molecule has 0 aliphatic carbocycles. The molecule has 0 saturated carbocycles. The maximum atomic E-state index is 3.85. The van der Waals surface area contributed by atoms with E-state index in [2.05, 4.69) is 20.2 Å². The molecule has 0 aliphatic heterocycles. The van der Waals surface area contributed by atoms with E-state index < -0.39 is 0 Å². The molecule has 0 saturated heterocycles. The summed E-state index contributed by atoms with van der Waals surface area (Å²) in [6.07, 6.45) is 4.45. The van der Waals surface area contributed by atoms with Crippen LogP contribution in [-0.4, -0.2) is 24.8 Å². The van der Waals surface area contributed by atoms with Crippen LogP contribution in [0.1, 0.15) is 13.8 Å². The van der Waals surface area contributed by atoms with Gasteiger partial charge in [-0.15, -0.1) is 14.8 Å². The van der Waals surface area contributed by atoms with Gasteiger partial charge in [0.2, 0.25) is 0 Å². The normalized spacial score (nSPS) is 8.91. The molecule has 0 radical (unpaired) electrons. The van der Waals surface area contributed by atoms with Gasteiger partial charge in [-0.1, -0.05) is 13.8 Å². The molecule has 0 aromatic carbocycles. The first-order valence-corrected chi connectivity index (χ1v) is 3.43. The highest BCUT2D eigenvalue weighted by Crippen LogP contribution is 1.86. The predicted octanol–water partition coefficient (Wildman–Crippen LogP) is 0.545. The molecule has 0 amide bonds. The Morgan fingerprint density at radius 3 is 2.64 bits per heavy atom. The SMILES string of the molecule is CC.c1ncc2ncnn2n1. The van der Waals surface area contributed by atoms with Gasteiger partial charge in [-0.05, 0) is 0 Å². The third-order valence-corrected chi connectivity index (χ3v) is 0.974. The first-order chi connectivity index (χ1) is 5.47. The van der Waals surface area contributed by atoms with Crippen molar-refractivity contribution in [1.29, 1.82) is 0 Å². The third-order valence-electron chi connectivity index (χ3n) is 0.974. The lowest BCUT2D eigenvalue weighted by Crippen LogP contribution is -1.92. The lowest BCUT2D eigenvalue weighted by atomic mass is 10.8. The highest BCUT2D eigenvalue weighted by molar-refractivity contribution is 5.28. The summed E-state index contributed by atoms with van der Waals surface area (Å²) in [7, 11) is 0. The van der Waals surface area contributed by atoms with E-state index in [-0.39, 0.29) is 0 Å². The molecular formula is C6H9N5. The molecule has 0 bridgehead atoms. The van der Waals surface area contributed by atoms with Crippen molar-refractivity contribution in [2.45, 2.75) is 13.8 Å². The minimum atomic E-state index is 0.664. The molecule has 5 heteroatoms. The fourth-order valence-electron chi connectivity index (χ4n) is 0.597. The van der Waals surface area contributed by atoms with Crippen LogP contribution in [0.2, 0.25) is 0 Å². The molecular weight excluding hydrogens is 142 g/mol. The van der Waals surface area contributed by atoms with Crippen molar-refractivity contribution >= 4 is 5.65 Å². The van der Waals surface area contributed by atoms with Crippen molar-refractivity contribution in [1.82, 2.24) is 24.8 Å². The maximum Gasteiger partial charge on any atom is 0.194 e. The lowest BCUT2D eigenvalue weighted by molar-refractivity contribution is 0.780. The third kappa shape index (κ3) is 1.49. The summed E-state index contributed by atoms with van der Waals surface area (Å²) in [6.45, 7) is 4.00. The van der Waals surface area contributed by atoms with E-state index in [1.165, 1.54) is 17.3 Å². The van der Waals surface area contributed by atoms with Crippen molar-refractivity contribution < 1.29 is 0 Å². The fraction of sp³-hybridized carbons (Fsp3) is 0.333. The Bertz CT molecular complexity index is 285. The topological polar surface area (TPSA) is 56.0 Å². The molecule has 0 N–H and O–H groups in total. The molecule has 5 nitrogen and oxygen atoms in total. The van der Waals surface area contributed by atoms with Gasteiger partial charge in [0.15, 0.2) is 5.65 Å². The molecule has 2 aromatic rings. The van der Waals surface area contributed by atoms with Gasteiger partial charge in [-0.3, -0.25) is 0 Å². The van der Waals surface area contributed by atoms with E-state index in [4.69, 9.17) is 0 Å². The summed E-state index contributed by atoms with van der Waals surface area (Å²) >= 11 is 0. The van der Waals surface area contributed by atoms with Gasteiger partial charge in [0.25, 0.3) is 0 Å². The Balaban J connectivity index is 0.000000281. The molecule has 0 spiro atoms. The van der Waals surface area contributed by atoms with E-state index in [0.29, 0.717) is 5.65 Å². The van der Waals surface area contributed by atoms with Crippen LogP contribution in [-0.2, 0) is 0 Å². The van der Waals surface area contributed by atoms with Gasteiger partial charge >= 0.3 is 0 Å². The molecule has 11 heavy (non-hydrogen) atoms. The van der Waals surface area contributed by atoms with Gasteiger partial charge in [0, 0.05) is 0 Å². The Hall–Kier alpha value is -1.52. The first kappa shape index (κ1) is 7.59. The summed E-state index contributed by atoms with van der Waals surface area (Å²) in [5, 5.41) is 7.55. The van der Waals surface area contributed by atoms with Crippen LogP contribution in [0.15, 0.2) is 18.9 Å². The van der Waals surface area contributed by atoms with Crippen LogP contribution < -0.4 is 0 Å². The Morgan fingerprint density at radius 1 is 1.18 bits per heavy atom. The molecule has 58 valence electrons. The average molecular weight is 151 g/mol. The summed E-state index contributed by atoms with van der Waals surface area (Å²) < 4.78 is 1.41. The Morgan fingerprint density at radius 2 is 1.91 bits per heavy atom. The number of fused-ring (bicyclic) bond motifs is 1. The minimum absolute atomic E-state index is 0.664. The number of hydrogen-bond acceptors (Lipinski definition) is 4. The van der Waals surface area contributed by atoms with E-state index in [9.17, 15) is 0 Å². The van der Waals surface area contributed by atoms with Crippen LogP contribution in [0.3, 0.4) is 0 Å². The molecule has 0 aliphatic rings. The summed E-state index contributed by atoms with van der Waals surface area (Å²) in [6, 6.07) is 0. The lowest BCUT2D eigenvalue weighted by Gasteiger charge is -1.82. The van der Waals surface area contributed by atoms with Crippen molar-refractivity contribution in [3.8, 4) is 0 Å². The second-order valence-electron chi connectivity index (χ2n) is 1.52. The first-order valence-electron chi connectivity index (χ1n) is 3.43. The Kier molecular flexibility index (Phi) is 2.48. The number of aromatic nitrogens is 5. The average Bonchev–Trinajstić information content (AvgIpc) is 2.55. The highest BCUT2D eigenvalue weighted by Gasteiger charge is 1.89. The standard InChI is InChI=1S/C4H3N5.C2H6/c1-4-6-3-8-9(4)7-2-5-1;1-2/h1-3H;1-2H3. The van der Waals surface area contributed by atoms with E-state index in [1.807, 2.05) is 13.8 Å². The Labute approximate surface area is 64.1 Å². The highest BCUT2D eigenvalue weighted by atomic mass is 15.4. The molecule has 2 heterocycles.